The van der Waals surface area contributed by atoms with E-state index in [1.807, 2.05) is 37.2 Å². The van der Waals surface area contributed by atoms with Crippen molar-refractivity contribution in [2.24, 2.45) is 0 Å². The van der Waals surface area contributed by atoms with Gasteiger partial charge in [-0.1, -0.05) is 327 Å². The van der Waals surface area contributed by atoms with Crippen LogP contribution in [0, 0.1) is 27.7 Å². The summed E-state index contributed by atoms with van der Waals surface area (Å²) < 4.78 is 0. The second kappa shape index (κ2) is 30.8. The third-order valence-electron chi connectivity index (χ3n) is 30.9. The fraction of sp³-hybridized carbons (Fsp3) is 0.0294. The Labute approximate surface area is 807 Å². The van der Waals surface area contributed by atoms with E-state index in [0.717, 1.165) is 11.4 Å². The van der Waals surface area contributed by atoms with Gasteiger partial charge in [-0.2, -0.15) is 0 Å². The Kier molecular flexibility index (Phi) is 17.5. The van der Waals surface area contributed by atoms with E-state index >= 15 is 0 Å². The molecule has 0 radical (unpaired) electrons. The zero-order valence-electron chi connectivity index (χ0n) is 77.4. The molecule has 0 saturated heterocycles. The fourth-order valence-electron chi connectivity index (χ4n) is 24.5. The average molecular weight is 1770 g/mol. The lowest BCUT2D eigenvalue weighted by Crippen LogP contribution is -1.91. The highest BCUT2D eigenvalue weighted by molar-refractivity contribution is 6.34. The first kappa shape index (κ1) is 79.4. The highest BCUT2D eigenvalue weighted by atomic mass is 14.7. The molecule has 4 heterocycles. The molecule has 0 spiro atoms. The van der Waals surface area contributed by atoms with Crippen molar-refractivity contribution < 1.29 is 0 Å². The van der Waals surface area contributed by atoms with Gasteiger partial charge in [-0.15, -0.1) is 0 Å². The quantitative estimate of drug-likeness (QED) is 0.165. The molecule has 4 nitrogen and oxygen atoms in total. The first-order valence-electron chi connectivity index (χ1n) is 48.5. The topological polar surface area (TPSA) is 51.6 Å². The molecule has 4 aliphatic carbocycles. The molecule has 0 unspecified atom stereocenters. The molecule has 0 aliphatic heterocycles. The minimum Gasteiger partial charge on any atom is -0.264 e. The van der Waals surface area contributed by atoms with Crippen LogP contribution in [0.3, 0.4) is 0 Å². The normalized spacial score (nSPS) is 12.1. The van der Waals surface area contributed by atoms with Gasteiger partial charge in [0.2, 0.25) is 0 Å². The van der Waals surface area contributed by atoms with Crippen LogP contribution in [0.15, 0.2) is 438 Å². The van der Waals surface area contributed by atoms with Crippen molar-refractivity contribution in [3.05, 3.63) is 460 Å². The molecule has 0 saturated carbocycles. The number of benzene rings is 24. The van der Waals surface area contributed by atoms with Gasteiger partial charge in [0.05, 0.1) is 11.4 Å². The van der Waals surface area contributed by atoms with Crippen LogP contribution < -0.4 is 0 Å². The SMILES string of the molecule is Cc1ccc2c(c1)c(-c1cc3ccccc3cn1)cc1c3ccc(C)c4c3c(cc21)-c1ccccc1-4.Cc1ccc2c(c1)c(-c1ccc3cnccc3c1)cc1c3ccc(C)c4c3c(cc21)-c1ccccc1-4.c1ccc2c(c1)-c1cccc3c1c-2cc1c2ccccc2c(-c2cc4ccccc4cn2)cc31.c1ccc2c(c1)-c1cccc3c1c-2cc1c2ccccc2c(-c2ccc4cnccc4c2)cc31. The molecule has 0 fully saturated rings. The summed E-state index contributed by atoms with van der Waals surface area (Å²) in [6, 6.07) is 148. The van der Waals surface area contributed by atoms with E-state index in [0.29, 0.717) is 0 Å². The summed E-state index contributed by atoms with van der Waals surface area (Å²) in [6.07, 6.45) is 11.6. The third kappa shape index (κ3) is 12.0. The lowest BCUT2D eigenvalue weighted by atomic mass is 9.87. The van der Waals surface area contributed by atoms with Crippen molar-refractivity contribution in [3.63, 3.8) is 0 Å². The van der Waals surface area contributed by atoms with Crippen molar-refractivity contribution in [3.8, 4) is 134 Å². The van der Waals surface area contributed by atoms with E-state index in [2.05, 4.69) is 438 Å². The summed E-state index contributed by atoms with van der Waals surface area (Å²) >= 11 is 0. The van der Waals surface area contributed by atoms with Crippen molar-refractivity contribution in [2.75, 3.05) is 0 Å². The minimum absolute atomic E-state index is 1.02. The summed E-state index contributed by atoms with van der Waals surface area (Å²) in [5.41, 5.74) is 36.3. The second-order valence-electron chi connectivity index (χ2n) is 38.7. The zero-order chi connectivity index (χ0) is 92.4. The maximum atomic E-state index is 4.94. The van der Waals surface area contributed by atoms with E-state index in [1.165, 1.54) is 317 Å². The van der Waals surface area contributed by atoms with E-state index < -0.39 is 0 Å². The molecule has 648 valence electrons. The van der Waals surface area contributed by atoms with Crippen molar-refractivity contribution in [2.45, 2.75) is 27.7 Å². The van der Waals surface area contributed by atoms with Crippen molar-refractivity contribution >= 4 is 172 Å². The lowest BCUT2D eigenvalue weighted by Gasteiger charge is -2.16. The van der Waals surface area contributed by atoms with Crippen LogP contribution in [0.5, 0.6) is 0 Å². The van der Waals surface area contributed by atoms with Gasteiger partial charge in [0.25, 0.3) is 0 Å². The molecule has 28 aromatic rings. The number of nitrogens with zero attached hydrogens (tertiary/aromatic N) is 4. The largest absolute Gasteiger partial charge is 0.264 e. The second-order valence-corrected chi connectivity index (χ2v) is 38.7. The van der Waals surface area contributed by atoms with Gasteiger partial charge in [-0.25, -0.2) is 0 Å². The van der Waals surface area contributed by atoms with Crippen LogP contribution in [0.25, 0.3) is 306 Å². The summed E-state index contributed by atoms with van der Waals surface area (Å²) in [4.78, 5) is 18.4. The van der Waals surface area contributed by atoms with Gasteiger partial charge >= 0.3 is 0 Å². The van der Waals surface area contributed by atoms with Crippen LogP contribution in [0.2, 0.25) is 0 Å². The van der Waals surface area contributed by atoms with Crippen molar-refractivity contribution in [1.82, 2.24) is 19.9 Å². The molecular weight excluding hydrogens is 1690 g/mol. The van der Waals surface area contributed by atoms with Gasteiger partial charge < -0.3 is 0 Å². The van der Waals surface area contributed by atoms with Gasteiger partial charge in [0.1, 0.15) is 0 Å². The zero-order valence-corrected chi connectivity index (χ0v) is 77.4. The average Bonchev–Trinajstić information content (AvgIpc) is 1.61. The van der Waals surface area contributed by atoms with Gasteiger partial charge in [-0.05, 0) is 386 Å². The van der Waals surface area contributed by atoms with Crippen LogP contribution in [-0.2, 0) is 0 Å². The highest BCUT2D eigenvalue weighted by Gasteiger charge is 2.31. The number of hydrogen-bond donors (Lipinski definition) is 0. The van der Waals surface area contributed by atoms with Crippen LogP contribution >= 0.6 is 0 Å². The predicted octanol–water partition coefficient (Wildman–Crippen LogP) is 37.3. The molecule has 32 rings (SSSR count). The Morgan fingerprint density at radius 3 is 0.879 bits per heavy atom. The molecule has 4 aromatic heterocycles. The Hall–Kier alpha value is -18.0. The highest BCUT2D eigenvalue weighted by Crippen LogP contribution is 2.58. The Bertz CT molecular complexity index is 9820. The van der Waals surface area contributed by atoms with Gasteiger partial charge in [0, 0.05) is 69.9 Å². The molecule has 0 atom stereocenters. The number of hydrogen-bond acceptors (Lipinski definition) is 4. The van der Waals surface area contributed by atoms with Crippen LogP contribution in [0.1, 0.15) is 22.3 Å². The van der Waals surface area contributed by atoms with E-state index in [-0.39, 0.29) is 0 Å². The molecule has 4 aliphatic rings. The first-order valence-corrected chi connectivity index (χ1v) is 48.5. The first-order chi connectivity index (χ1) is 69.1. The maximum Gasteiger partial charge on any atom is 0.0714 e. The monoisotopic (exact) mass is 1770 g/mol. The van der Waals surface area contributed by atoms with Crippen LogP contribution in [0.4, 0.5) is 0 Å². The molecular formula is C136H84N4. The molecule has 0 amide bonds. The number of aromatic nitrogens is 4. The maximum absolute atomic E-state index is 4.94. The smallest absolute Gasteiger partial charge is 0.0714 e. The minimum atomic E-state index is 1.02. The molecule has 4 heteroatoms. The predicted molar refractivity (Wildman–Crippen MR) is 595 cm³/mol. The molecule has 24 aromatic carbocycles. The number of pyridine rings is 4. The van der Waals surface area contributed by atoms with E-state index in [9.17, 15) is 0 Å². The fourth-order valence-corrected chi connectivity index (χ4v) is 24.5. The number of aryl methyl sites for hydroxylation is 4. The van der Waals surface area contributed by atoms with E-state index in [4.69, 9.17) is 9.97 Å². The van der Waals surface area contributed by atoms with Gasteiger partial charge in [0.15, 0.2) is 0 Å². The Morgan fingerprint density at radius 2 is 0.436 bits per heavy atom. The molecule has 0 N–H and O–H groups in total. The Balaban J connectivity index is 0.0000000896. The van der Waals surface area contributed by atoms with Crippen LogP contribution in [-0.4, -0.2) is 19.9 Å². The molecule has 140 heavy (non-hydrogen) atoms. The third-order valence-corrected chi connectivity index (χ3v) is 30.9. The summed E-state index contributed by atoms with van der Waals surface area (Å²) in [5, 5.41) is 41.1. The summed E-state index contributed by atoms with van der Waals surface area (Å²) in [5.74, 6) is 0. The number of fused-ring (bicyclic) bond motifs is 32. The van der Waals surface area contributed by atoms with Crippen molar-refractivity contribution in [1.29, 1.82) is 0 Å². The standard InChI is InChI=1S/2C35H23N.2C33H19N/c1-20-11-13-25-28(15-20)31(33-16-22-7-3-4-8-23(22)19-36-33)17-30-27-14-12-21(2)34-26-10-6-5-9-24(26)32(35(27)34)18-29(25)30;1-20-7-11-26-30(15-20)29(23-9-10-24-19-36-14-13-22(24)16-23)17-32-28-12-8-21(2)34-27-6-4-3-5-25(27)33(35(28)34)18-31(26)32;1-4-9-26-23(6-1)27-10-5-11-28-31-17-29(21-12-13-22-19-34-15-14-20(22)16-21)24-7-2-3-8-25(24)30(31)18-32(26)33(27)28;1-2-9-21-19-34-32(16-20(21)8-1)30-17-29-27-15-7-14-26-22-10-3-6-13-25(22)31(33(26)27)18-28(29)23-11-4-5-12-24(23)30/h2*3-19H,1-2H3;2*1-19H. The lowest BCUT2D eigenvalue weighted by molar-refractivity contribution is 1.36. The summed E-state index contributed by atoms with van der Waals surface area (Å²) in [7, 11) is 0. The number of rotatable bonds is 4. The van der Waals surface area contributed by atoms with E-state index in [1.54, 1.807) is 0 Å². The Morgan fingerprint density at radius 1 is 0.150 bits per heavy atom. The molecule has 0 bridgehead atoms. The van der Waals surface area contributed by atoms with Gasteiger partial charge in [-0.3, -0.25) is 19.9 Å². The summed E-state index contributed by atoms with van der Waals surface area (Å²) in [6.45, 7) is 8.83.